The van der Waals surface area contributed by atoms with Crippen molar-refractivity contribution in [3.8, 4) is 5.75 Å². The molecule has 2 aromatic heterocycles. The molecule has 0 aliphatic carbocycles. The largest absolute Gasteiger partial charge is 0.497 e. The highest BCUT2D eigenvalue weighted by molar-refractivity contribution is 6.30. The Morgan fingerprint density at radius 2 is 1.90 bits per heavy atom. The third-order valence-corrected chi connectivity index (χ3v) is 4.76. The van der Waals surface area contributed by atoms with Crippen LogP contribution in [0.15, 0.2) is 60.9 Å². The standard InChI is InChI=1S/C21H20ClN5O2/c1-29-18-7-5-14(6-8-18)11-23-12-17-10-19-20(24-13-25-21(19)27(17)28)26-16-4-2-3-15(22)9-16/h2-10,13,23,28H,11-12H2,1H3,(H,24,25,26). The molecular weight excluding hydrogens is 390 g/mol. The first-order valence-electron chi connectivity index (χ1n) is 9.05. The van der Waals surface area contributed by atoms with Crippen molar-refractivity contribution in [3.63, 3.8) is 0 Å². The summed E-state index contributed by atoms with van der Waals surface area (Å²) >= 11 is 6.05. The lowest BCUT2D eigenvalue weighted by Crippen LogP contribution is -2.15. The average molecular weight is 410 g/mol. The third kappa shape index (κ3) is 4.26. The predicted molar refractivity (Wildman–Crippen MR) is 113 cm³/mol. The number of nitrogens with one attached hydrogen (secondary N) is 2. The van der Waals surface area contributed by atoms with Crippen molar-refractivity contribution >= 4 is 34.1 Å². The third-order valence-electron chi connectivity index (χ3n) is 4.53. The molecule has 3 N–H and O–H groups in total. The Kier molecular flexibility index (Phi) is 5.50. The minimum Gasteiger partial charge on any atom is -0.497 e. The predicted octanol–water partition coefficient (Wildman–Crippen LogP) is 4.36. The SMILES string of the molecule is COc1ccc(CNCc2cc3c(Nc4cccc(Cl)c4)ncnc3n2O)cc1. The smallest absolute Gasteiger partial charge is 0.180 e. The number of benzene rings is 2. The Hall–Kier alpha value is -3.29. The van der Waals surface area contributed by atoms with Crippen molar-refractivity contribution in [1.82, 2.24) is 20.0 Å². The van der Waals surface area contributed by atoms with Gasteiger partial charge in [-0.25, -0.2) is 9.97 Å². The molecule has 0 atom stereocenters. The lowest BCUT2D eigenvalue weighted by atomic mass is 10.2. The lowest BCUT2D eigenvalue weighted by Gasteiger charge is -2.07. The first kappa shape index (κ1) is 19.0. The summed E-state index contributed by atoms with van der Waals surface area (Å²) in [6, 6.07) is 17.1. The maximum atomic E-state index is 10.5. The Bertz CT molecular complexity index is 1130. The van der Waals surface area contributed by atoms with Crippen LogP contribution in [-0.4, -0.2) is 27.0 Å². The maximum absolute atomic E-state index is 10.5. The van der Waals surface area contributed by atoms with Crippen molar-refractivity contribution in [3.05, 3.63) is 77.2 Å². The molecule has 4 rings (SSSR count). The van der Waals surface area contributed by atoms with Crippen molar-refractivity contribution in [2.24, 2.45) is 0 Å². The van der Waals surface area contributed by atoms with Crippen LogP contribution in [0.1, 0.15) is 11.3 Å². The first-order chi connectivity index (χ1) is 14.1. The average Bonchev–Trinajstić information content (AvgIpc) is 3.06. The monoisotopic (exact) mass is 409 g/mol. The fraction of sp³-hybridized carbons (Fsp3) is 0.143. The van der Waals surface area contributed by atoms with Gasteiger partial charge in [-0.05, 0) is 42.0 Å². The van der Waals surface area contributed by atoms with Gasteiger partial charge < -0.3 is 20.6 Å². The second-order valence-corrected chi connectivity index (χ2v) is 6.93. The van der Waals surface area contributed by atoms with Crippen LogP contribution in [0.2, 0.25) is 5.02 Å². The highest BCUT2D eigenvalue weighted by atomic mass is 35.5. The molecule has 8 heteroatoms. The fourth-order valence-electron chi connectivity index (χ4n) is 3.06. The molecule has 29 heavy (non-hydrogen) atoms. The van der Waals surface area contributed by atoms with Gasteiger partial charge in [0.05, 0.1) is 18.2 Å². The molecule has 4 aromatic rings. The lowest BCUT2D eigenvalue weighted by molar-refractivity contribution is 0.187. The van der Waals surface area contributed by atoms with Crippen LogP contribution < -0.4 is 15.4 Å². The van der Waals surface area contributed by atoms with Gasteiger partial charge in [0, 0.05) is 23.8 Å². The summed E-state index contributed by atoms with van der Waals surface area (Å²) in [5, 5.41) is 18.4. The number of aromatic nitrogens is 3. The van der Waals surface area contributed by atoms with Crippen LogP contribution in [0.5, 0.6) is 5.75 Å². The van der Waals surface area contributed by atoms with Crippen LogP contribution in [0.3, 0.4) is 0 Å². The van der Waals surface area contributed by atoms with Crippen molar-refractivity contribution in [2.75, 3.05) is 12.4 Å². The quantitative estimate of drug-likeness (QED) is 0.393. The minimum atomic E-state index is 0.436. The van der Waals surface area contributed by atoms with E-state index in [1.807, 2.05) is 48.5 Å². The van der Waals surface area contributed by atoms with Crippen molar-refractivity contribution in [1.29, 1.82) is 0 Å². The van der Waals surface area contributed by atoms with E-state index in [0.29, 0.717) is 35.3 Å². The van der Waals surface area contributed by atoms with Crippen LogP contribution >= 0.6 is 11.6 Å². The van der Waals surface area contributed by atoms with Gasteiger partial charge in [0.2, 0.25) is 0 Å². The van der Waals surface area contributed by atoms with Gasteiger partial charge in [-0.15, -0.1) is 0 Å². The van der Waals surface area contributed by atoms with E-state index < -0.39 is 0 Å². The number of nitrogens with zero attached hydrogens (tertiary/aromatic N) is 3. The zero-order valence-electron chi connectivity index (χ0n) is 15.8. The Balaban J connectivity index is 1.50. The highest BCUT2D eigenvalue weighted by Gasteiger charge is 2.13. The Morgan fingerprint density at radius 3 is 2.66 bits per heavy atom. The number of anilines is 2. The molecule has 0 spiro atoms. The molecule has 2 aromatic carbocycles. The van der Waals surface area contributed by atoms with E-state index in [2.05, 4.69) is 20.6 Å². The second-order valence-electron chi connectivity index (χ2n) is 6.49. The molecule has 148 valence electrons. The molecule has 0 radical (unpaired) electrons. The molecule has 0 fully saturated rings. The number of ether oxygens (including phenoxy) is 1. The topological polar surface area (TPSA) is 84.2 Å². The first-order valence-corrected chi connectivity index (χ1v) is 9.42. The van der Waals surface area contributed by atoms with Gasteiger partial charge in [-0.1, -0.05) is 29.8 Å². The van der Waals surface area contributed by atoms with Crippen LogP contribution in [-0.2, 0) is 13.1 Å². The van der Waals surface area contributed by atoms with Gasteiger partial charge in [-0.3, -0.25) is 0 Å². The van der Waals surface area contributed by atoms with Gasteiger partial charge in [0.1, 0.15) is 17.9 Å². The molecular formula is C21H20ClN5O2. The Labute approximate surface area is 172 Å². The number of hydrogen-bond acceptors (Lipinski definition) is 6. The number of methoxy groups -OCH3 is 1. The molecule has 0 aliphatic heterocycles. The fourth-order valence-corrected chi connectivity index (χ4v) is 3.25. The molecule has 0 unspecified atom stereocenters. The summed E-state index contributed by atoms with van der Waals surface area (Å²) in [6.45, 7) is 1.13. The van der Waals surface area contributed by atoms with Crippen molar-refractivity contribution in [2.45, 2.75) is 13.1 Å². The number of hydrogen-bond donors (Lipinski definition) is 3. The maximum Gasteiger partial charge on any atom is 0.180 e. The van der Waals surface area contributed by atoms with E-state index >= 15 is 0 Å². The molecule has 0 bridgehead atoms. The van der Waals surface area contributed by atoms with E-state index in [1.54, 1.807) is 13.2 Å². The summed E-state index contributed by atoms with van der Waals surface area (Å²) in [6.07, 6.45) is 1.41. The zero-order valence-corrected chi connectivity index (χ0v) is 16.5. The number of rotatable bonds is 7. The van der Waals surface area contributed by atoms with Crippen LogP contribution in [0.25, 0.3) is 11.0 Å². The van der Waals surface area contributed by atoms with Gasteiger partial charge in [-0.2, -0.15) is 4.73 Å². The summed E-state index contributed by atoms with van der Waals surface area (Å²) in [5.41, 5.74) is 3.05. The summed E-state index contributed by atoms with van der Waals surface area (Å²) in [4.78, 5) is 8.51. The number of fused-ring (bicyclic) bond motifs is 1. The highest BCUT2D eigenvalue weighted by Crippen LogP contribution is 2.26. The van der Waals surface area contributed by atoms with Gasteiger partial charge in [0.25, 0.3) is 0 Å². The van der Waals surface area contributed by atoms with E-state index in [4.69, 9.17) is 16.3 Å². The van der Waals surface area contributed by atoms with Gasteiger partial charge in [0.15, 0.2) is 5.65 Å². The summed E-state index contributed by atoms with van der Waals surface area (Å²) in [5.74, 6) is 1.42. The minimum absolute atomic E-state index is 0.436. The van der Waals surface area contributed by atoms with E-state index in [1.165, 1.54) is 6.33 Å². The number of halogens is 1. The molecule has 0 saturated heterocycles. The molecule has 0 aliphatic rings. The molecule has 7 nitrogen and oxygen atoms in total. The molecule has 0 amide bonds. The van der Waals surface area contributed by atoms with Gasteiger partial charge >= 0.3 is 0 Å². The summed E-state index contributed by atoms with van der Waals surface area (Å²) < 4.78 is 6.25. The zero-order chi connectivity index (χ0) is 20.2. The molecule has 2 heterocycles. The van der Waals surface area contributed by atoms with Crippen molar-refractivity contribution < 1.29 is 9.94 Å². The summed E-state index contributed by atoms with van der Waals surface area (Å²) in [7, 11) is 1.64. The van der Waals surface area contributed by atoms with E-state index in [0.717, 1.165) is 27.1 Å². The van der Waals surface area contributed by atoms with Crippen LogP contribution in [0, 0.1) is 0 Å². The van der Waals surface area contributed by atoms with E-state index in [-0.39, 0.29) is 0 Å². The second kappa shape index (κ2) is 8.38. The van der Waals surface area contributed by atoms with E-state index in [9.17, 15) is 5.21 Å². The Morgan fingerprint density at radius 1 is 1.07 bits per heavy atom. The normalized spacial score (nSPS) is 11.0. The molecule has 0 saturated carbocycles. The van der Waals surface area contributed by atoms with Crippen LogP contribution in [0.4, 0.5) is 11.5 Å².